The summed E-state index contributed by atoms with van der Waals surface area (Å²) in [5.74, 6) is -1.93. The van der Waals surface area contributed by atoms with Gasteiger partial charge in [0.2, 0.25) is 5.91 Å². The minimum atomic E-state index is -5.87. The first kappa shape index (κ1) is 31.7. The molecule has 0 radical (unpaired) electrons. The number of nitrogens with zero attached hydrogens (tertiary/aromatic N) is 2. The first-order chi connectivity index (χ1) is 19.5. The van der Waals surface area contributed by atoms with Gasteiger partial charge in [0.15, 0.2) is 0 Å². The molecule has 1 aliphatic heterocycles. The fourth-order valence-electron chi connectivity index (χ4n) is 5.22. The van der Waals surface area contributed by atoms with E-state index in [4.69, 9.17) is 4.74 Å². The van der Waals surface area contributed by atoms with Crippen molar-refractivity contribution in [2.45, 2.75) is 83.5 Å². The van der Waals surface area contributed by atoms with E-state index in [0.717, 1.165) is 35.6 Å². The van der Waals surface area contributed by atoms with E-state index in [1.165, 1.54) is 17.0 Å². The number of likely N-dealkylation sites (tertiary alicyclic amines) is 1. The van der Waals surface area contributed by atoms with Crippen LogP contribution in [-0.4, -0.2) is 60.5 Å². The second kappa shape index (κ2) is 11.8. The van der Waals surface area contributed by atoms with Gasteiger partial charge in [-0.15, -0.1) is 0 Å². The fraction of sp³-hybridized carbons (Fsp3) is 0.533. The summed E-state index contributed by atoms with van der Waals surface area (Å²) in [6, 6.07) is 11.4. The number of hydrogen-bond acceptors (Lipinski definition) is 6. The van der Waals surface area contributed by atoms with Gasteiger partial charge in [0.25, 0.3) is 0 Å². The number of carbonyl (C=O) groups excluding carboxylic acids is 2. The van der Waals surface area contributed by atoms with Crippen molar-refractivity contribution in [2.24, 2.45) is 5.92 Å². The summed E-state index contributed by atoms with van der Waals surface area (Å²) in [6.45, 7) is 9.94. The Bertz CT molecular complexity index is 1430. The summed E-state index contributed by atoms with van der Waals surface area (Å²) >= 11 is 0. The Morgan fingerprint density at radius 1 is 1.02 bits per heavy atom. The van der Waals surface area contributed by atoms with Crippen LogP contribution in [0, 0.1) is 19.8 Å². The molecule has 42 heavy (non-hydrogen) atoms. The number of alkyl halides is 3. The number of ether oxygens (including phenoxy) is 1. The van der Waals surface area contributed by atoms with Crippen LogP contribution in [0.15, 0.2) is 42.5 Å². The van der Waals surface area contributed by atoms with Crippen molar-refractivity contribution in [3.8, 4) is 5.75 Å². The third kappa shape index (κ3) is 7.37. The van der Waals surface area contributed by atoms with Crippen molar-refractivity contribution in [3.63, 3.8) is 0 Å². The number of piperidine rings is 1. The first-order valence-electron chi connectivity index (χ1n) is 13.9. The maximum Gasteiger partial charge on any atom is 0.534 e. The number of carbonyl (C=O) groups is 2. The highest BCUT2D eigenvalue weighted by atomic mass is 32.2. The van der Waals surface area contributed by atoms with Crippen LogP contribution in [0.5, 0.6) is 5.75 Å². The zero-order valence-corrected chi connectivity index (χ0v) is 25.2. The van der Waals surface area contributed by atoms with E-state index >= 15 is 0 Å². The van der Waals surface area contributed by atoms with Crippen LogP contribution in [0.3, 0.4) is 0 Å². The average Bonchev–Trinajstić information content (AvgIpc) is 3.72. The van der Waals surface area contributed by atoms with Crippen LogP contribution in [0.2, 0.25) is 0 Å². The van der Waals surface area contributed by atoms with Crippen molar-refractivity contribution in [2.75, 3.05) is 13.1 Å². The normalized spacial score (nSPS) is 19.8. The predicted molar refractivity (Wildman–Crippen MR) is 150 cm³/mol. The summed E-state index contributed by atoms with van der Waals surface area (Å²) in [6.07, 6.45) is 1.46. The molecule has 0 N–H and O–H groups in total. The molecule has 0 bridgehead atoms. The Kier molecular flexibility index (Phi) is 8.87. The SMILES string of the molecule is Cc1cccc(CN(C(=O)[C@H]2CN(C(=O)OC(C)(C)C)CC[C@@H]2c2cccc(OS(=O)(=O)C(F)(F)F)c2)C2CC2)c1C. The van der Waals surface area contributed by atoms with Gasteiger partial charge in [0, 0.05) is 25.7 Å². The van der Waals surface area contributed by atoms with E-state index in [2.05, 4.69) is 4.18 Å². The smallest absolute Gasteiger partial charge is 0.444 e. The minimum absolute atomic E-state index is 0.0420. The van der Waals surface area contributed by atoms with Gasteiger partial charge in [-0.25, -0.2) is 4.79 Å². The number of rotatable bonds is 7. The second-order valence-electron chi connectivity index (χ2n) is 12.0. The molecule has 230 valence electrons. The zero-order chi connectivity index (χ0) is 31.0. The Labute approximate surface area is 244 Å². The molecule has 2 atom stereocenters. The van der Waals surface area contributed by atoms with E-state index in [0.29, 0.717) is 18.5 Å². The van der Waals surface area contributed by atoms with Gasteiger partial charge in [-0.3, -0.25) is 4.79 Å². The van der Waals surface area contributed by atoms with E-state index in [-0.39, 0.29) is 25.0 Å². The van der Waals surface area contributed by atoms with Gasteiger partial charge in [-0.2, -0.15) is 21.6 Å². The van der Waals surface area contributed by atoms with Crippen LogP contribution in [-0.2, 0) is 26.2 Å². The molecule has 1 aliphatic carbocycles. The van der Waals surface area contributed by atoms with Crippen LogP contribution >= 0.6 is 0 Å². The van der Waals surface area contributed by atoms with Crippen molar-refractivity contribution in [3.05, 3.63) is 64.7 Å². The maximum atomic E-state index is 14.3. The molecule has 1 heterocycles. The molecule has 0 aromatic heterocycles. The molecule has 2 aliphatic rings. The molecule has 0 unspecified atom stereocenters. The molecule has 2 aromatic carbocycles. The largest absolute Gasteiger partial charge is 0.534 e. The van der Waals surface area contributed by atoms with E-state index in [1.807, 2.05) is 36.9 Å². The topological polar surface area (TPSA) is 93.2 Å². The van der Waals surface area contributed by atoms with Gasteiger partial charge in [-0.05, 0) is 94.2 Å². The summed E-state index contributed by atoms with van der Waals surface area (Å²) in [4.78, 5) is 30.7. The first-order valence-corrected chi connectivity index (χ1v) is 15.3. The van der Waals surface area contributed by atoms with Crippen LogP contribution in [0.4, 0.5) is 18.0 Å². The van der Waals surface area contributed by atoms with Gasteiger partial charge in [0.1, 0.15) is 11.4 Å². The van der Waals surface area contributed by atoms with Gasteiger partial charge in [0.05, 0.1) is 5.92 Å². The Balaban J connectivity index is 1.67. The lowest BCUT2D eigenvalue weighted by Gasteiger charge is -2.40. The predicted octanol–water partition coefficient (Wildman–Crippen LogP) is 6.06. The lowest BCUT2D eigenvalue weighted by molar-refractivity contribution is -0.139. The fourth-order valence-corrected chi connectivity index (χ4v) is 5.67. The van der Waals surface area contributed by atoms with Crippen molar-refractivity contribution < 1.29 is 40.1 Å². The molecule has 1 saturated carbocycles. The molecule has 2 aromatic rings. The highest BCUT2D eigenvalue weighted by Crippen LogP contribution is 2.40. The van der Waals surface area contributed by atoms with Crippen molar-refractivity contribution in [1.29, 1.82) is 0 Å². The standard InChI is InChI=1S/C30H37F3N2O6S/c1-19-8-6-10-22(20(19)2)17-35(23-12-13-23)27(36)26-18-34(28(37)40-29(3,4)5)15-14-25(26)21-9-7-11-24(16-21)41-42(38,39)30(31,32)33/h6-11,16,23,25-26H,12-15,17-18H2,1-5H3/t25-,26+/m1/s1. The molecule has 0 spiro atoms. The van der Waals surface area contributed by atoms with Crippen molar-refractivity contribution in [1.82, 2.24) is 9.80 Å². The number of hydrogen-bond donors (Lipinski definition) is 0. The molecule has 4 rings (SSSR count). The highest BCUT2D eigenvalue weighted by Gasteiger charge is 2.49. The lowest BCUT2D eigenvalue weighted by Crippen LogP contribution is -2.51. The quantitative estimate of drug-likeness (QED) is 0.279. The highest BCUT2D eigenvalue weighted by molar-refractivity contribution is 7.88. The molecule has 2 amide bonds. The molecule has 12 heteroatoms. The van der Waals surface area contributed by atoms with Crippen molar-refractivity contribution >= 4 is 22.1 Å². The molecule has 8 nitrogen and oxygen atoms in total. The monoisotopic (exact) mass is 610 g/mol. The second-order valence-corrected chi connectivity index (χ2v) is 13.6. The molecular weight excluding hydrogens is 573 g/mol. The molecule has 1 saturated heterocycles. The summed E-state index contributed by atoms with van der Waals surface area (Å²) in [5.41, 5.74) is -2.67. The Morgan fingerprint density at radius 3 is 2.31 bits per heavy atom. The zero-order valence-electron chi connectivity index (χ0n) is 24.4. The van der Waals surface area contributed by atoms with Gasteiger partial charge >= 0.3 is 21.7 Å². The number of aryl methyl sites for hydroxylation is 1. The lowest BCUT2D eigenvalue weighted by atomic mass is 9.79. The van der Waals surface area contributed by atoms with Gasteiger partial charge < -0.3 is 18.7 Å². The third-order valence-corrected chi connectivity index (χ3v) is 8.66. The van der Waals surface area contributed by atoms with E-state index < -0.39 is 44.9 Å². The molecular formula is C30H37F3N2O6S. The van der Waals surface area contributed by atoms with E-state index in [1.54, 1.807) is 26.8 Å². The number of halogens is 3. The minimum Gasteiger partial charge on any atom is -0.444 e. The van der Waals surface area contributed by atoms with Crippen LogP contribution in [0.25, 0.3) is 0 Å². The Hall–Kier alpha value is -3.28. The van der Waals surface area contributed by atoms with E-state index in [9.17, 15) is 31.2 Å². The Morgan fingerprint density at radius 2 is 1.69 bits per heavy atom. The molecule has 2 fully saturated rings. The third-order valence-electron chi connectivity index (χ3n) is 7.69. The summed E-state index contributed by atoms with van der Waals surface area (Å²) < 4.78 is 72.1. The van der Waals surface area contributed by atoms with Crippen LogP contribution in [0.1, 0.15) is 68.2 Å². The number of amides is 2. The van der Waals surface area contributed by atoms with Gasteiger partial charge in [-0.1, -0.05) is 30.3 Å². The van der Waals surface area contributed by atoms with Crippen LogP contribution < -0.4 is 4.18 Å². The maximum absolute atomic E-state index is 14.3. The summed E-state index contributed by atoms with van der Waals surface area (Å²) in [7, 11) is -5.87. The average molecular weight is 611 g/mol. The summed E-state index contributed by atoms with van der Waals surface area (Å²) in [5, 5.41) is 0. The number of benzene rings is 2.